The Labute approximate surface area is 206 Å². The average molecular weight is 501 g/mol. The van der Waals surface area contributed by atoms with Gasteiger partial charge in [-0.2, -0.15) is 0 Å². The van der Waals surface area contributed by atoms with E-state index in [9.17, 15) is 29.9 Å². The van der Waals surface area contributed by atoms with Gasteiger partial charge in [0.15, 0.2) is 5.79 Å². The van der Waals surface area contributed by atoms with Crippen LogP contribution in [0.2, 0.25) is 5.02 Å². The first kappa shape index (κ1) is 23.7. The van der Waals surface area contributed by atoms with Crippen molar-refractivity contribution >= 4 is 34.8 Å². The zero-order chi connectivity index (χ0) is 25.2. The van der Waals surface area contributed by atoms with Crippen molar-refractivity contribution in [3.8, 4) is 5.75 Å². The molecule has 2 N–H and O–H groups in total. The molecule has 5 rings (SSSR count). The largest absolute Gasteiger partial charge is 0.508 e. The number of phenols is 1. The summed E-state index contributed by atoms with van der Waals surface area (Å²) in [7, 11) is 0. The SMILES string of the molecule is CC(C)[C@H]1C[C@@H]2C(=O)N(c3cccc([N+](=O)[O-])c3)C(=O)[C@@H]2[C@@H]2C[C@@H](c3ccc(O)cc3Cl)O[C@]12O. The summed E-state index contributed by atoms with van der Waals surface area (Å²) in [4.78, 5) is 38.9. The van der Waals surface area contributed by atoms with Crippen LogP contribution >= 0.6 is 11.6 Å². The summed E-state index contributed by atoms with van der Waals surface area (Å²) in [5.74, 6) is -5.22. The Morgan fingerprint density at radius 2 is 1.91 bits per heavy atom. The Morgan fingerprint density at radius 3 is 2.57 bits per heavy atom. The first-order valence-corrected chi connectivity index (χ1v) is 11.9. The lowest BCUT2D eigenvalue weighted by molar-refractivity contribution is -0.384. The van der Waals surface area contributed by atoms with Gasteiger partial charge in [-0.3, -0.25) is 19.7 Å². The number of benzene rings is 2. The van der Waals surface area contributed by atoms with Gasteiger partial charge in [0.05, 0.1) is 33.6 Å². The van der Waals surface area contributed by atoms with E-state index >= 15 is 0 Å². The molecule has 0 bridgehead atoms. The molecule has 1 saturated carbocycles. The first-order valence-electron chi connectivity index (χ1n) is 11.5. The van der Waals surface area contributed by atoms with Gasteiger partial charge in [-0.15, -0.1) is 0 Å². The summed E-state index contributed by atoms with van der Waals surface area (Å²) < 4.78 is 6.23. The van der Waals surface area contributed by atoms with Gasteiger partial charge in [0.1, 0.15) is 5.75 Å². The minimum Gasteiger partial charge on any atom is -0.508 e. The van der Waals surface area contributed by atoms with Crippen LogP contribution in [-0.4, -0.2) is 32.7 Å². The molecular formula is C25H25ClN2O7. The number of carbonyl (C=O) groups is 2. The second-order valence-corrected chi connectivity index (χ2v) is 10.3. The van der Waals surface area contributed by atoms with E-state index in [2.05, 4.69) is 0 Å². The number of amides is 2. The lowest BCUT2D eigenvalue weighted by Gasteiger charge is -2.46. The number of imide groups is 1. The molecule has 10 heteroatoms. The Hall–Kier alpha value is -3.01. The highest BCUT2D eigenvalue weighted by Gasteiger charge is 2.67. The summed E-state index contributed by atoms with van der Waals surface area (Å²) in [5, 5.41) is 33.1. The van der Waals surface area contributed by atoms with Crippen LogP contribution in [0.25, 0.3) is 0 Å². The predicted octanol–water partition coefficient (Wildman–Crippen LogP) is 4.20. The molecule has 3 aliphatic rings. The third-order valence-corrected chi connectivity index (χ3v) is 8.04. The minimum atomic E-state index is -1.66. The Bertz CT molecular complexity index is 1230. The van der Waals surface area contributed by atoms with Crippen molar-refractivity contribution in [2.45, 2.75) is 38.6 Å². The number of ether oxygens (including phenoxy) is 1. The number of hydrogen-bond donors (Lipinski definition) is 2. The highest BCUT2D eigenvalue weighted by Crippen LogP contribution is 2.60. The minimum absolute atomic E-state index is 0.00263. The van der Waals surface area contributed by atoms with Crippen LogP contribution in [0.1, 0.15) is 38.4 Å². The second-order valence-electron chi connectivity index (χ2n) is 9.91. The smallest absolute Gasteiger partial charge is 0.271 e. The molecule has 3 fully saturated rings. The van der Waals surface area contributed by atoms with Crippen molar-refractivity contribution in [3.05, 3.63) is 63.2 Å². The van der Waals surface area contributed by atoms with E-state index in [-0.39, 0.29) is 40.9 Å². The summed E-state index contributed by atoms with van der Waals surface area (Å²) >= 11 is 6.35. The van der Waals surface area contributed by atoms with Crippen LogP contribution in [0.15, 0.2) is 42.5 Å². The number of anilines is 1. The van der Waals surface area contributed by atoms with Crippen molar-refractivity contribution in [2.24, 2.45) is 29.6 Å². The number of nitro benzene ring substituents is 1. The quantitative estimate of drug-likeness (QED) is 0.365. The van der Waals surface area contributed by atoms with E-state index in [1.54, 1.807) is 6.07 Å². The summed E-state index contributed by atoms with van der Waals surface area (Å²) in [6, 6.07) is 9.94. The van der Waals surface area contributed by atoms with E-state index < -0.39 is 52.3 Å². The molecule has 2 aromatic rings. The van der Waals surface area contributed by atoms with Crippen molar-refractivity contribution in [3.63, 3.8) is 0 Å². The molecule has 2 amide bonds. The third-order valence-electron chi connectivity index (χ3n) is 7.71. The fraction of sp³-hybridized carbons (Fsp3) is 0.440. The van der Waals surface area contributed by atoms with Gasteiger partial charge in [-0.1, -0.05) is 37.6 Å². The number of hydrogen-bond acceptors (Lipinski definition) is 7. The van der Waals surface area contributed by atoms with Gasteiger partial charge < -0.3 is 14.9 Å². The highest BCUT2D eigenvalue weighted by molar-refractivity contribution is 6.31. The predicted molar refractivity (Wildman–Crippen MR) is 126 cm³/mol. The molecule has 2 heterocycles. The van der Waals surface area contributed by atoms with Crippen molar-refractivity contribution < 1.29 is 29.5 Å². The molecule has 2 saturated heterocycles. The van der Waals surface area contributed by atoms with Crippen LogP contribution in [0, 0.1) is 39.7 Å². The third kappa shape index (κ3) is 3.61. The molecular weight excluding hydrogens is 476 g/mol. The van der Waals surface area contributed by atoms with E-state index in [1.807, 2.05) is 13.8 Å². The Kier molecular flexibility index (Phi) is 5.62. The number of nitro groups is 1. The molecule has 0 aromatic heterocycles. The number of non-ortho nitro benzene ring substituents is 1. The van der Waals surface area contributed by atoms with Gasteiger partial charge >= 0.3 is 0 Å². The van der Waals surface area contributed by atoms with Gasteiger partial charge in [0.25, 0.3) is 5.69 Å². The van der Waals surface area contributed by atoms with E-state index in [0.717, 1.165) is 4.90 Å². The van der Waals surface area contributed by atoms with Crippen LogP contribution in [-0.2, 0) is 14.3 Å². The van der Waals surface area contributed by atoms with Crippen molar-refractivity contribution in [1.29, 1.82) is 0 Å². The van der Waals surface area contributed by atoms with E-state index in [0.29, 0.717) is 5.56 Å². The van der Waals surface area contributed by atoms with Gasteiger partial charge in [0, 0.05) is 24.0 Å². The monoisotopic (exact) mass is 500 g/mol. The number of carbonyl (C=O) groups excluding carboxylic acids is 2. The number of aromatic hydroxyl groups is 1. The number of aliphatic hydroxyl groups is 1. The van der Waals surface area contributed by atoms with E-state index in [1.165, 1.54) is 36.4 Å². The topological polar surface area (TPSA) is 130 Å². The van der Waals surface area contributed by atoms with Crippen molar-refractivity contribution in [2.75, 3.05) is 4.90 Å². The Morgan fingerprint density at radius 1 is 1.17 bits per heavy atom. The van der Waals surface area contributed by atoms with Crippen LogP contribution in [0.3, 0.4) is 0 Å². The first-order chi connectivity index (χ1) is 16.5. The van der Waals surface area contributed by atoms with E-state index in [4.69, 9.17) is 16.3 Å². The number of nitrogens with zero attached hydrogens (tertiary/aromatic N) is 2. The number of fused-ring (bicyclic) bond motifs is 3. The number of phenolic OH excluding ortho intramolecular Hbond substituents is 1. The van der Waals surface area contributed by atoms with Crippen LogP contribution in [0.5, 0.6) is 5.75 Å². The lowest BCUT2D eigenvalue weighted by atomic mass is 9.62. The molecule has 2 aromatic carbocycles. The fourth-order valence-corrected chi connectivity index (χ4v) is 6.43. The normalized spacial score (nSPS) is 32.1. The lowest BCUT2D eigenvalue weighted by Crippen LogP contribution is -2.55. The molecule has 0 spiro atoms. The zero-order valence-electron chi connectivity index (χ0n) is 19.1. The molecule has 0 radical (unpaired) electrons. The maximum absolute atomic E-state index is 13.7. The number of rotatable bonds is 4. The maximum atomic E-state index is 13.7. The van der Waals surface area contributed by atoms with Gasteiger partial charge in [-0.05, 0) is 42.5 Å². The molecule has 35 heavy (non-hydrogen) atoms. The zero-order valence-corrected chi connectivity index (χ0v) is 19.9. The molecule has 184 valence electrons. The maximum Gasteiger partial charge on any atom is 0.271 e. The molecule has 6 atom stereocenters. The molecule has 0 unspecified atom stereocenters. The summed E-state index contributed by atoms with van der Waals surface area (Å²) in [6.45, 7) is 3.87. The fourth-order valence-electron chi connectivity index (χ4n) is 6.14. The highest BCUT2D eigenvalue weighted by atomic mass is 35.5. The molecule has 1 aliphatic carbocycles. The molecule has 9 nitrogen and oxygen atoms in total. The summed E-state index contributed by atoms with van der Waals surface area (Å²) in [5.41, 5.74) is 0.504. The van der Waals surface area contributed by atoms with Crippen LogP contribution < -0.4 is 4.90 Å². The summed E-state index contributed by atoms with van der Waals surface area (Å²) in [6.07, 6.45) is -0.123. The van der Waals surface area contributed by atoms with Gasteiger partial charge in [-0.25, -0.2) is 4.90 Å². The molecule has 2 aliphatic heterocycles. The van der Waals surface area contributed by atoms with Crippen molar-refractivity contribution in [1.82, 2.24) is 0 Å². The van der Waals surface area contributed by atoms with Gasteiger partial charge in [0.2, 0.25) is 11.8 Å². The standard InChI is InChI=1S/C25H25ClN2O7/c1-12(2)18-10-17-22(24(31)27(23(17)30)13-4-3-5-14(8-13)28(33)34)19-11-21(35-25(18,19)32)16-7-6-15(29)9-20(16)26/h3-9,12,17-19,21-22,29,32H,10-11H2,1-2H3/t17-,18+,19-,21-,22-,25+/m0/s1. The number of halogens is 1. The Balaban J connectivity index is 1.55. The average Bonchev–Trinajstić information content (AvgIpc) is 3.26. The van der Waals surface area contributed by atoms with Crippen LogP contribution in [0.4, 0.5) is 11.4 Å². The second kappa shape index (κ2) is 8.29.